The van der Waals surface area contributed by atoms with Crippen LogP contribution in [0.3, 0.4) is 0 Å². The lowest BCUT2D eigenvalue weighted by molar-refractivity contribution is 0.0925. The summed E-state index contributed by atoms with van der Waals surface area (Å²) in [5.74, 6) is -0.0996. The highest BCUT2D eigenvalue weighted by Gasteiger charge is 2.20. The summed E-state index contributed by atoms with van der Waals surface area (Å²) in [6.45, 7) is 5.80. The molecule has 0 atom stereocenters. The van der Waals surface area contributed by atoms with E-state index in [4.69, 9.17) is 5.73 Å². The number of rotatable bonds is 5. The number of aromatic amines is 1. The van der Waals surface area contributed by atoms with Gasteiger partial charge in [-0.2, -0.15) is 0 Å². The zero-order valence-corrected chi connectivity index (χ0v) is 13.2. The molecule has 0 saturated heterocycles. The van der Waals surface area contributed by atoms with Gasteiger partial charge in [-0.15, -0.1) is 0 Å². The van der Waals surface area contributed by atoms with Gasteiger partial charge in [0.2, 0.25) is 0 Å². The number of fused-ring (bicyclic) bond motifs is 1. The second kappa shape index (κ2) is 5.77. The number of anilines is 1. The molecule has 1 heterocycles. The average Bonchev–Trinajstić information content (AvgIpc) is 2.80. The molecule has 0 aliphatic rings. The summed E-state index contributed by atoms with van der Waals surface area (Å²) in [5.41, 5.74) is 7.93. The van der Waals surface area contributed by atoms with Crippen molar-refractivity contribution in [2.24, 2.45) is 5.41 Å². The van der Waals surface area contributed by atoms with Gasteiger partial charge in [-0.3, -0.25) is 4.79 Å². The van der Waals surface area contributed by atoms with Crippen LogP contribution in [0.2, 0.25) is 0 Å². The lowest BCUT2D eigenvalue weighted by atomic mass is 9.93. The Balaban J connectivity index is 2.07. The number of hydrogen-bond donors (Lipinski definition) is 3. The molecule has 5 nitrogen and oxygen atoms in total. The maximum atomic E-state index is 12.3. The first-order valence-corrected chi connectivity index (χ1v) is 7.09. The predicted molar refractivity (Wildman–Crippen MR) is 87.4 cm³/mol. The molecule has 21 heavy (non-hydrogen) atoms. The van der Waals surface area contributed by atoms with Gasteiger partial charge >= 0.3 is 0 Å². The molecule has 0 aliphatic heterocycles. The Kier molecular flexibility index (Phi) is 4.23. The van der Waals surface area contributed by atoms with Crippen molar-refractivity contribution >= 4 is 22.5 Å². The van der Waals surface area contributed by atoms with E-state index in [1.807, 2.05) is 38.4 Å². The topological polar surface area (TPSA) is 74.2 Å². The largest absolute Gasteiger partial charge is 0.397 e. The molecule has 2 rings (SSSR count). The predicted octanol–water partition coefficient (Wildman–Crippen LogP) is 2.07. The number of benzene rings is 1. The van der Waals surface area contributed by atoms with Gasteiger partial charge in [-0.05, 0) is 31.6 Å². The van der Waals surface area contributed by atoms with Gasteiger partial charge in [0.15, 0.2) is 0 Å². The van der Waals surface area contributed by atoms with Gasteiger partial charge < -0.3 is 20.9 Å². The molecular formula is C16H24N4O. The molecule has 0 bridgehead atoms. The summed E-state index contributed by atoms with van der Waals surface area (Å²) in [5, 5.41) is 3.94. The Morgan fingerprint density at radius 1 is 1.38 bits per heavy atom. The third-order valence-electron chi connectivity index (χ3n) is 3.40. The van der Waals surface area contributed by atoms with Crippen molar-refractivity contribution < 1.29 is 4.79 Å². The van der Waals surface area contributed by atoms with Gasteiger partial charge in [0.25, 0.3) is 5.91 Å². The van der Waals surface area contributed by atoms with Crippen LogP contribution in [0, 0.1) is 5.41 Å². The van der Waals surface area contributed by atoms with Gasteiger partial charge in [0, 0.05) is 18.5 Å². The number of nitrogen functional groups attached to an aromatic ring is 1. The molecule has 5 heteroatoms. The van der Waals surface area contributed by atoms with E-state index in [-0.39, 0.29) is 11.3 Å². The highest BCUT2D eigenvalue weighted by molar-refractivity contribution is 6.00. The summed E-state index contributed by atoms with van der Waals surface area (Å²) in [4.78, 5) is 17.5. The Morgan fingerprint density at radius 3 is 2.71 bits per heavy atom. The van der Waals surface area contributed by atoms with E-state index in [1.165, 1.54) is 0 Å². The second-order valence-electron chi connectivity index (χ2n) is 6.58. The van der Waals surface area contributed by atoms with Crippen LogP contribution < -0.4 is 11.1 Å². The second-order valence-corrected chi connectivity index (χ2v) is 6.58. The normalized spacial score (nSPS) is 12.0. The molecule has 1 amide bonds. The quantitative estimate of drug-likeness (QED) is 0.737. The monoisotopic (exact) mass is 288 g/mol. The third-order valence-corrected chi connectivity index (χ3v) is 3.40. The number of nitrogens with one attached hydrogen (secondary N) is 2. The molecule has 0 fully saturated rings. The molecule has 0 spiro atoms. The Labute approximate surface area is 125 Å². The van der Waals surface area contributed by atoms with Crippen LogP contribution in [0.5, 0.6) is 0 Å². The molecule has 4 N–H and O–H groups in total. The SMILES string of the molecule is CN(C)CC(C)(C)CNC(=O)c1cc2cccc(N)c2[nH]1. The molecule has 114 valence electrons. The summed E-state index contributed by atoms with van der Waals surface area (Å²) in [7, 11) is 4.06. The van der Waals surface area contributed by atoms with Crippen LogP contribution in [-0.2, 0) is 0 Å². The minimum absolute atomic E-state index is 0.0181. The fourth-order valence-corrected chi connectivity index (χ4v) is 2.63. The number of para-hydroxylation sites is 1. The fraction of sp³-hybridized carbons (Fsp3) is 0.438. The number of carbonyl (C=O) groups excluding carboxylic acids is 1. The summed E-state index contributed by atoms with van der Waals surface area (Å²) < 4.78 is 0. The summed E-state index contributed by atoms with van der Waals surface area (Å²) >= 11 is 0. The molecule has 0 radical (unpaired) electrons. The molecule has 0 unspecified atom stereocenters. The van der Waals surface area contributed by atoms with Crippen molar-refractivity contribution in [1.82, 2.24) is 15.2 Å². The zero-order valence-electron chi connectivity index (χ0n) is 13.2. The van der Waals surface area contributed by atoms with E-state index in [0.717, 1.165) is 17.4 Å². The van der Waals surface area contributed by atoms with E-state index < -0.39 is 0 Å². The number of nitrogens with zero attached hydrogens (tertiary/aromatic N) is 1. The summed E-state index contributed by atoms with van der Waals surface area (Å²) in [6, 6.07) is 7.48. The van der Waals surface area contributed by atoms with Crippen LogP contribution in [0.25, 0.3) is 10.9 Å². The standard InChI is InChI=1S/C16H24N4O/c1-16(2,10-20(3)4)9-18-15(21)13-8-11-6-5-7-12(17)14(11)19-13/h5-8,19H,9-10,17H2,1-4H3,(H,18,21). The number of carbonyl (C=O) groups is 1. The van der Waals surface area contributed by atoms with Gasteiger partial charge in [0.05, 0.1) is 11.2 Å². The molecule has 1 aromatic carbocycles. The van der Waals surface area contributed by atoms with Crippen LogP contribution in [0.1, 0.15) is 24.3 Å². The first-order chi connectivity index (χ1) is 9.78. The average molecular weight is 288 g/mol. The van der Waals surface area contributed by atoms with E-state index in [9.17, 15) is 4.79 Å². The van der Waals surface area contributed by atoms with Gasteiger partial charge in [-0.1, -0.05) is 26.0 Å². The lowest BCUT2D eigenvalue weighted by Crippen LogP contribution is -2.40. The van der Waals surface area contributed by atoms with E-state index in [1.54, 1.807) is 0 Å². The zero-order chi connectivity index (χ0) is 15.6. The minimum atomic E-state index is -0.0996. The summed E-state index contributed by atoms with van der Waals surface area (Å²) in [6.07, 6.45) is 0. The highest BCUT2D eigenvalue weighted by Crippen LogP contribution is 2.21. The molecule has 0 saturated carbocycles. The van der Waals surface area contributed by atoms with Crippen molar-refractivity contribution in [2.45, 2.75) is 13.8 Å². The first-order valence-electron chi connectivity index (χ1n) is 7.09. The van der Waals surface area contributed by atoms with Crippen molar-refractivity contribution in [3.8, 4) is 0 Å². The maximum absolute atomic E-state index is 12.3. The molecule has 0 aliphatic carbocycles. The molecular weight excluding hydrogens is 264 g/mol. The van der Waals surface area contributed by atoms with Crippen LogP contribution in [0.15, 0.2) is 24.3 Å². The smallest absolute Gasteiger partial charge is 0.267 e. The molecule has 2 aromatic rings. The van der Waals surface area contributed by atoms with Crippen LogP contribution in [0.4, 0.5) is 5.69 Å². The van der Waals surface area contributed by atoms with Crippen LogP contribution in [-0.4, -0.2) is 43.0 Å². The number of nitrogens with two attached hydrogens (primary N) is 1. The first kappa shape index (κ1) is 15.4. The third kappa shape index (κ3) is 3.76. The molecule has 1 aromatic heterocycles. The van der Waals surface area contributed by atoms with Crippen molar-refractivity contribution in [1.29, 1.82) is 0 Å². The Bertz CT molecular complexity index is 643. The van der Waals surface area contributed by atoms with E-state index in [2.05, 4.69) is 29.0 Å². The maximum Gasteiger partial charge on any atom is 0.267 e. The number of amides is 1. The van der Waals surface area contributed by atoms with Gasteiger partial charge in [-0.25, -0.2) is 0 Å². The lowest BCUT2D eigenvalue weighted by Gasteiger charge is -2.28. The fourth-order valence-electron chi connectivity index (χ4n) is 2.63. The highest BCUT2D eigenvalue weighted by atomic mass is 16.1. The Morgan fingerprint density at radius 2 is 2.10 bits per heavy atom. The number of aromatic nitrogens is 1. The van der Waals surface area contributed by atoms with E-state index >= 15 is 0 Å². The minimum Gasteiger partial charge on any atom is -0.397 e. The number of H-pyrrole nitrogens is 1. The Hall–Kier alpha value is -2.01. The van der Waals surface area contributed by atoms with Crippen LogP contribution >= 0.6 is 0 Å². The van der Waals surface area contributed by atoms with E-state index in [0.29, 0.717) is 17.9 Å². The van der Waals surface area contributed by atoms with Gasteiger partial charge in [0.1, 0.15) is 5.69 Å². The van der Waals surface area contributed by atoms with Crippen molar-refractivity contribution in [3.63, 3.8) is 0 Å². The number of hydrogen-bond acceptors (Lipinski definition) is 3. The van der Waals surface area contributed by atoms with Crippen molar-refractivity contribution in [2.75, 3.05) is 32.9 Å². The van der Waals surface area contributed by atoms with Crippen molar-refractivity contribution in [3.05, 3.63) is 30.0 Å².